The van der Waals surface area contributed by atoms with E-state index in [1.807, 2.05) is 19.3 Å². The van der Waals surface area contributed by atoms with Gasteiger partial charge in [0.1, 0.15) is 0 Å². The minimum Gasteiger partial charge on any atom is -0.435 e. The first-order valence-corrected chi connectivity index (χ1v) is 7.35. The van der Waals surface area contributed by atoms with Gasteiger partial charge in [0.15, 0.2) is 5.75 Å². The van der Waals surface area contributed by atoms with Crippen LogP contribution in [0.25, 0.3) is 0 Å². The van der Waals surface area contributed by atoms with Crippen molar-refractivity contribution in [2.24, 2.45) is 13.0 Å². The number of rotatable bonds is 6. The fourth-order valence-electron chi connectivity index (χ4n) is 1.75. The average Bonchev–Trinajstić information content (AvgIpc) is 2.78. The predicted octanol–water partition coefficient (Wildman–Crippen LogP) is 3.12. The second-order valence-electron chi connectivity index (χ2n) is 5.09. The first kappa shape index (κ1) is 15.0. The number of hydrogen-bond donors (Lipinski definition) is 1. The quantitative estimate of drug-likeness (QED) is 0.879. The lowest BCUT2D eigenvalue weighted by atomic mass is 10.2. The molecule has 2 aromatic heterocycles. The summed E-state index contributed by atoms with van der Waals surface area (Å²) >= 11 is 3.44. The SMILES string of the molecule is CC(C)CNCc1cc(Br)cnc1Oc1cnn(C)c1. The first-order chi connectivity index (χ1) is 9.54. The third kappa shape index (κ3) is 4.31. The van der Waals surface area contributed by atoms with Crippen LogP contribution in [-0.4, -0.2) is 21.3 Å². The highest BCUT2D eigenvalue weighted by Gasteiger charge is 2.09. The second kappa shape index (κ2) is 6.85. The Morgan fingerprint density at radius 2 is 2.20 bits per heavy atom. The van der Waals surface area contributed by atoms with Gasteiger partial charge in [0.2, 0.25) is 5.88 Å². The minimum atomic E-state index is 0.609. The normalized spacial score (nSPS) is 11.1. The number of hydrogen-bond acceptors (Lipinski definition) is 4. The highest BCUT2D eigenvalue weighted by molar-refractivity contribution is 9.10. The van der Waals surface area contributed by atoms with E-state index >= 15 is 0 Å². The maximum absolute atomic E-state index is 5.79. The summed E-state index contributed by atoms with van der Waals surface area (Å²) in [5.41, 5.74) is 1.02. The summed E-state index contributed by atoms with van der Waals surface area (Å²) in [5.74, 6) is 1.91. The molecule has 0 spiro atoms. The number of nitrogens with one attached hydrogen (secondary N) is 1. The highest BCUT2D eigenvalue weighted by atomic mass is 79.9. The van der Waals surface area contributed by atoms with E-state index in [9.17, 15) is 0 Å². The van der Waals surface area contributed by atoms with Gasteiger partial charge in [-0.3, -0.25) is 4.68 Å². The Hall–Kier alpha value is -1.40. The summed E-state index contributed by atoms with van der Waals surface area (Å²) < 4.78 is 8.43. The molecular weight excluding hydrogens is 320 g/mol. The zero-order valence-electron chi connectivity index (χ0n) is 11.9. The van der Waals surface area contributed by atoms with Crippen LogP contribution in [0.4, 0.5) is 0 Å². The number of aryl methyl sites for hydroxylation is 1. The van der Waals surface area contributed by atoms with Crippen molar-refractivity contribution in [3.63, 3.8) is 0 Å². The Bertz CT molecular complexity index is 568. The van der Waals surface area contributed by atoms with Crippen LogP contribution in [0, 0.1) is 5.92 Å². The van der Waals surface area contributed by atoms with Gasteiger partial charge < -0.3 is 10.1 Å². The van der Waals surface area contributed by atoms with Crippen molar-refractivity contribution in [2.75, 3.05) is 6.54 Å². The van der Waals surface area contributed by atoms with Crippen LogP contribution in [0.5, 0.6) is 11.6 Å². The molecule has 6 heteroatoms. The van der Waals surface area contributed by atoms with E-state index in [1.165, 1.54) is 0 Å². The number of halogens is 1. The first-order valence-electron chi connectivity index (χ1n) is 6.56. The maximum atomic E-state index is 5.79. The Balaban J connectivity index is 2.10. The standard InChI is InChI=1S/C14H19BrN4O/c1-10(2)5-16-6-11-4-12(15)7-17-14(11)20-13-8-18-19(3)9-13/h4,7-10,16H,5-6H2,1-3H3. The van der Waals surface area contributed by atoms with Crippen molar-refractivity contribution in [1.29, 1.82) is 0 Å². The molecule has 0 atom stereocenters. The summed E-state index contributed by atoms with van der Waals surface area (Å²) in [4.78, 5) is 4.33. The van der Waals surface area contributed by atoms with Crippen molar-refractivity contribution >= 4 is 15.9 Å². The molecule has 0 aliphatic carbocycles. The summed E-state index contributed by atoms with van der Waals surface area (Å²) in [5, 5.41) is 7.48. The molecule has 2 aromatic rings. The van der Waals surface area contributed by atoms with Gasteiger partial charge in [0.25, 0.3) is 0 Å². The molecule has 0 amide bonds. The van der Waals surface area contributed by atoms with Crippen LogP contribution >= 0.6 is 15.9 Å². The molecule has 0 saturated carbocycles. The van der Waals surface area contributed by atoms with Gasteiger partial charge in [-0.2, -0.15) is 5.10 Å². The van der Waals surface area contributed by atoms with E-state index in [0.29, 0.717) is 17.5 Å². The van der Waals surface area contributed by atoms with E-state index in [1.54, 1.807) is 17.1 Å². The van der Waals surface area contributed by atoms with Gasteiger partial charge in [-0.05, 0) is 34.5 Å². The topological polar surface area (TPSA) is 52.0 Å². The number of ether oxygens (including phenoxy) is 1. The molecule has 2 heterocycles. The van der Waals surface area contributed by atoms with Crippen molar-refractivity contribution in [2.45, 2.75) is 20.4 Å². The molecule has 0 aliphatic heterocycles. The molecule has 0 aromatic carbocycles. The third-order valence-corrected chi connectivity index (χ3v) is 3.09. The monoisotopic (exact) mass is 338 g/mol. The zero-order valence-corrected chi connectivity index (χ0v) is 13.5. The molecule has 20 heavy (non-hydrogen) atoms. The van der Waals surface area contributed by atoms with Crippen LogP contribution in [-0.2, 0) is 13.6 Å². The van der Waals surface area contributed by atoms with Crippen LogP contribution in [0.1, 0.15) is 19.4 Å². The van der Waals surface area contributed by atoms with Gasteiger partial charge in [0, 0.05) is 29.8 Å². The average molecular weight is 339 g/mol. The highest BCUT2D eigenvalue weighted by Crippen LogP contribution is 2.25. The molecule has 1 N–H and O–H groups in total. The van der Waals surface area contributed by atoms with Crippen molar-refractivity contribution in [3.05, 3.63) is 34.7 Å². The maximum Gasteiger partial charge on any atom is 0.223 e. The molecule has 5 nitrogen and oxygen atoms in total. The van der Waals surface area contributed by atoms with E-state index in [-0.39, 0.29) is 0 Å². The lowest BCUT2D eigenvalue weighted by molar-refractivity contribution is 0.449. The van der Waals surface area contributed by atoms with Crippen molar-refractivity contribution < 1.29 is 4.74 Å². The minimum absolute atomic E-state index is 0.609. The third-order valence-electron chi connectivity index (χ3n) is 2.66. The Morgan fingerprint density at radius 3 is 2.85 bits per heavy atom. The second-order valence-corrected chi connectivity index (χ2v) is 6.01. The Morgan fingerprint density at radius 1 is 1.40 bits per heavy atom. The zero-order chi connectivity index (χ0) is 14.5. The molecule has 0 aliphatic rings. The molecular formula is C14H19BrN4O. The van der Waals surface area contributed by atoms with E-state index in [2.05, 4.69) is 45.2 Å². The van der Waals surface area contributed by atoms with Gasteiger partial charge in [0.05, 0.1) is 12.4 Å². The lowest BCUT2D eigenvalue weighted by Crippen LogP contribution is -2.19. The van der Waals surface area contributed by atoms with Crippen LogP contribution in [0.2, 0.25) is 0 Å². The van der Waals surface area contributed by atoms with Gasteiger partial charge in [-0.1, -0.05) is 13.8 Å². The largest absolute Gasteiger partial charge is 0.435 e. The summed E-state index contributed by atoms with van der Waals surface area (Å²) in [6.07, 6.45) is 5.22. The Labute approximate surface area is 127 Å². The van der Waals surface area contributed by atoms with Crippen LogP contribution in [0.15, 0.2) is 29.1 Å². The van der Waals surface area contributed by atoms with Crippen molar-refractivity contribution in [1.82, 2.24) is 20.1 Å². The predicted molar refractivity (Wildman–Crippen MR) is 81.8 cm³/mol. The molecule has 108 valence electrons. The molecule has 0 fully saturated rings. The molecule has 0 radical (unpaired) electrons. The van der Waals surface area contributed by atoms with Gasteiger partial charge in [-0.25, -0.2) is 4.98 Å². The Kier molecular flexibility index (Phi) is 5.14. The summed E-state index contributed by atoms with van der Waals surface area (Å²) in [7, 11) is 1.85. The van der Waals surface area contributed by atoms with E-state index < -0.39 is 0 Å². The lowest BCUT2D eigenvalue weighted by Gasteiger charge is -2.11. The molecule has 0 unspecified atom stereocenters. The number of aromatic nitrogens is 3. The fourth-order valence-corrected chi connectivity index (χ4v) is 2.12. The van der Waals surface area contributed by atoms with Crippen molar-refractivity contribution in [3.8, 4) is 11.6 Å². The van der Waals surface area contributed by atoms with Gasteiger partial charge >= 0.3 is 0 Å². The molecule has 2 rings (SSSR count). The number of pyridine rings is 1. The summed E-state index contributed by atoms with van der Waals surface area (Å²) in [6, 6.07) is 2.02. The van der Waals surface area contributed by atoms with Gasteiger partial charge in [-0.15, -0.1) is 0 Å². The van der Waals surface area contributed by atoms with Crippen LogP contribution < -0.4 is 10.1 Å². The van der Waals surface area contributed by atoms with Crippen LogP contribution in [0.3, 0.4) is 0 Å². The molecule has 0 saturated heterocycles. The van der Waals surface area contributed by atoms with E-state index in [4.69, 9.17) is 4.74 Å². The fraction of sp³-hybridized carbons (Fsp3) is 0.429. The molecule has 0 bridgehead atoms. The smallest absolute Gasteiger partial charge is 0.223 e. The summed E-state index contributed by atoms with van der Waals surface area (Å²) in [6.45, 7) is 6.04. The number of nitrogens with zero attached hydrogens (tertiary/aromatic N) is 3. The van der Waals surface area contributed by atoms with E-state index in [0.717, 1.165) is 23.1 Å².